The third-order valence-electron chi connectivity index (χ3n) is 1.82. The van der Waals surface area contributed by atoms with Gasteiger partial charge in [0.05, 0.1) is 0 Å². The lowest BCUT2D eigenvalue weighted by atomic mass is 10.1. The van der Waals surface area contributed by atoms with Gasteiger partial charge in [0.2, 0.25) is 10.0 Å². The third kappa shape index (κ3) is 4.51. The minimum Gasteiger partial charge on any atom is -0.508 e. The SMILES string of the molecule is O=S(=O)(CCl)NCCc1ccc(O)cc1. The fourth-order valence-electron chi connectivity index (χ4n) is 1.05. The van der Waals surface area contributed by atoms with Crippen molar-refractivity contribution in [3.05, 3.63) is 29.8 Å². The van der Waals surface area contributed by atoms with E-state index in [-0.39, 0.29) is 5.75 Å². The number of aromatic hydroxyl groups is 1. The Hall–Kier alpha value is -0.780. The van der Waals surface area contributed by atoms with E-state index < -0.39 is 15.2 Å². The molecule has 0 bridgehead atoms. The highest BCUT2D eigenvalue weighted by atomic mass is 35.5. The molecule has 4 nitrogen and oxygen atoms in total. The second-order valence-electron chi connectivity index (χ2n) is 3.03. The highest BCUT2D eigenvalue weighted by molar-refractivity contribution is 7.90. The van der Waals surface area contributed by atoms with Gasteiger partial charge in [-0.3, -0.25) is 0 Å². The number of rotatable bonds is 5. The summed E-state index contributed by atoms with van der Waals surface area (Å²) in [7, 11) is -3.33. The van der Waals surface area contributed by atoms with Gasteiger partial charge in [0.15, 0.2) is 0 Å². The molecule has 84 valence electrons. The molecule has 0 unspecified atom stereocenters. The van der Waals surface area contributed by atoms with Crippen LogP contribution in [0.3, 0.4) is 0 Å². The monoisotopic (exact) mass is 249 g/mol. The lowest BCUT2D eigenvalue weighted by Crippen LogP contribution is -2.26. The van der Waals surface area contributed by atoms with Crippen LogP contribution in [0.25, 0.3) is 0 Å². The molecule has 0 aromatic heterocycles. The van der Waals surface area contributed by atoms with E-state index in [9.17, 15) is 8.42 Å². The molecular formula is C9H12ClNO3S. The van der Waals surface area contributed by atoms with Crippen LogP contribution in [0.5, 0.6) is 5.75 Å². The standard InChI is InChI=1S/C9H12ClNO3S/c10-7-15(13,14)11-6-5-8-1-3-9(12)4-2-8/h1-4,11-12H,5-7H2. The first-order valence-corrected chi connectivity index (χ1v) is 6.53. The molecule has 15 heavy (non-hydrogen) atoms. The van der Waals surface area contributed by atoms with Gasteiger partial charge < -0.3 is 5.11 Å². The van der Waals surface area contributed by atoms with Gasteiger partial charge >= 0.3 is 0 Å². The van der Waals surface area contributed by atoms with Gasteiger partial charge in [0.1, 0.15) is 11.0 Å². The van der Waals surface area contributed by atoms with E-state index in [1.807, 2.05) is 0 Å². The van der Waals surface area contributed by atoms with Crippen molar-refractivity contribution < 1.29 is 13.5 Å². The first-order chi connectivity index (χ1) is 7.03. The molecule has 0 saturated carbocycles. The Morgan fingerprint density at radius 1 is 1.27 bits per heavy atom. The quantitative estimate of drug-likeness (QED) is 0.767. The first kappa shape index (κ1) is 12.3. The summed E-state index contributed by atoms with van der Waals surface area (Å²) < 4.78 is 24.3. The van der Waals surface area contributed by atoms with Crippen LogP contribution >= 0.6 is 11.6 Å². The predicted molar refractivity (Wildman–Crippen MR) is 59.5 cm³/mol. The lowest BCUT2D eigenvalue weighted by Gasteiger charge is -2.03. The molecule has 0 radical (unpaired) electrons. The molecule has 1 rings (SSSR count). The molecule has 1 aromatic carbocycles. The zero-order valence-electron chi connectivity index (χ0n) is 7.98. The number of nitrogens with one attached hydrogen (secondary N) is 1. The maximum atomic E-state index is 11.0. The van der Waals surface area contributed by atoms with Crippen molar-refractivity contribution in [2.75, 3.05) is 11.8 Å². The van der Waals surface area contributed by atoms with Gasteiger partial charge in [-0.15, -0.1) is 11.6 Å². The van der Waals surface area contributed by atoms with E-state index in [2.05, 4.69) is 4.72 Å². The minimum atomic E-state index is -3.33. The van der Waals surface area contributed by atoms with Crippen molar-refractivity contribution in [2.45, 2.75) is 6.42 Å². The number of hydrogen-bond acceptors (Lipinski definition) is 3. The normalized spacial score (nSPS) is 11.5. The summed E-state index contributed by atoms with van der Waals surface area (Å²) in [5.74, 6) is 0.195. The highest BCUT2D eigenvalue weighted by Crippen LogP contribution is 2.09. The summed E-state index contributed by atoms with van der Waals surface area (Å²) in [6, 6.07) is 6.60. The second-order valence-corrected chi connectivity index (χ2v) is 5.43. The van der Waals surface area contributed by atoms with E-state index in [0.717, 1.165) is 5.56 Å². The van der Waals surface area contributed by atoms with Gasteiger partial charge in [-0.2, -0.15) is 0 Å². The van der Waals surface area contributed by atoms with Crippen LogP contribution in [-0.2, 0) is 16.4 Å². The van der Waals surface area contributed by atoms with Crippen molar-refractivity contribution in [2.24, 2.45) is 0 Å². The molecule has 0 spiro atoms. The van der Waals surface area contributed by atoms with E-state index in [1.54, 1.807) is 24.3 Å². The van der Waals surface area contributed by atoms with Gasteiger partial charge in [0, 0.05) is 6.54 Å². The molecule has 0 amide bonds. The Morgan fingerprint density at radius 2 is 1.87 bits per heavy atom. The maximum Gasteiger partial charge on any atom is 0.225 e. The Balaban J connectivity index is 2.42. The smallest absolute Gasteiger partial charge is 0.225 e. The Labute approximate surface area is 93.9 Å². The predicted octanol–water partition coefficient (Wildman–Crippen LogP) is 1.05. The average Bonchev–Trinajstić information content (AvgIpc) is 2.21. The van der Waals surface area contributed by atoms with Crippen molar-refractivity contribution in [1.29, 1.82) is 0 Å². The van der Waals surface area contributed by atoms with Crippen molar-refractivity contribution in [1.82, 2.24) is 4.72 Å². The fraction of sp³-hybridized carbons (Fsp3) is 0.333. The van der Waals surface area contributed by atoms with E-state index >= 15 is 0 Å². The molecule has 0 aliphatic carbocycles. The number of phenols is 1. The molecule has 2 N–H and O–H groups in total. The van der Waals surface area contributed by atoms with Gasteiger partial charge in [-0.1, -0.05) is 12.1 Å². The van der Waals surface area contributed by atoms with Gasteiger partial charge in [-0.25, -0.2) is 13.1 Å². The molecule has 0 saturated heterocycles. The molecule has 6 heteroatoms. The Kier molecular flexibility index (Phi) is 4.38. The maximum absolute atomic E-state index is 11.0. The highest BCUT2D eigenvalue weighted by Gasteiger charge is 2.06. The van der Waals surface area contributed by atoms with Crippen LogP contribution in [0.2, 0.25) is 0 Å². The Bertz CT molecular complexity index is 402. The van der Waals surface area contributed by atoms with Gasteiger partial charge in [0.25, 0.3) is 0 Å². The van der Waals surface area contributed by atoms with Crippen LogP contribution < -0.4 is 4.72 Å². The van der Waals surface area contributed by atoms with Crippen LogP contribution in [0.15, 0.2) is 24.3 Å². The molecule has 0 fully saturated rings. The van der Waals surface area contributed by atoms with Crippen molar-refractivity contribution >= 4 is 21.6 Å². The second kappa shape index (κ2) is 5.34. The third-order valence-corrected chi connectivity index (χ3v) is 3.61. The van der Waals surface area contributed by atoms with Crippen LogP contribution in [0, 0.1) is 0 Å². The number of halogens is 1. The fourth-order valence-corrected chi connectivity index (χ4v) is 1.77. The number of alkyl halides is 1. The van der Waals surface area contributed by atoms with Crippen LogP contribution in [-0.4, -0.2) is 25.3 Å². The summed E-state index contributed by atoms with van der Waals surface area (Å²) >= 11 is 5.21. The molecule has 1 aromatic rings. The van der Waals surface area contributed by atoms with Gasteiger partial charge in [-0.05, 0) is 24.1 Å². The molecule has 0 aliphatic rings. The number of benzene rings is 1. The summed E-state index contributed by atoms with van der Waals surface area (Å²) in [4.78, 5) is 0. The zero-order chi connectivity index (χ0) is 11.3. The van der Waals surface area contributed by atoms with E-state index in [4.69, 9.17) is 16.7 Å². The topological polar surface area (TPSA) is 66.4 Å². The molecular weight excluding hydrogens is 238 g/mol. The molecule has 0 aliphatic heterocycles. The zero-order valence-corrected chi connectivity index (χ0v) is 9.55. The number of phenolic OH excluding ortho intramolecular Hbond substituents is 1. The molecule has 0 heterocycles. The summed E-state index contributed by atoms with van der Waals surface area (Å²) in [6.07, 6.45) is 0.566. The minimum absolute atomic E-state index is 0.195. The average molecular weight is 250 g/mol. The summed E-state index contributed by atoms with van der Waals surface area (Å²) in [5.41, 5.74) is 0.949. The largest absolute Gasteiger partial charge is 0.508 e. The Morgan fingerprint density at radius 3 is 2.40 bits per heavy atom. The van der Waals surface area contributed by atoms with Crippen LogP contribution in [0.4, 0.5) is 0 Å². The summed E-state index contributed by atoms with van der Waals surface area (Å²) in [6.45, 7) is 0.305. The van der Waals surface area contributed by atoms with Crippen molar-refractivity contribution in [3.63, 3.8) is 0 Å². The molecule has 0 atom stereocenters. The lowest BCUT2D eigenvalue weighted by molar-refractivity contribution is 0.475. The number of hydrogen-bond donors (Lipinski definition) is 2. The first-order valence-electron chi connectivity index (χ1n) is 4.35. The summed E-state index contributed by atoms with van der Waals surface area (Å²) in [5, 5.41) is 8.59. The van der Waals surface area contributed by atoms with E-state index in [1.165, 1.54) is 0 Å². The number of sulfonamides is 1. The van der Waals surface area contributed by atoms with E-state index in [0.29, 0.717) is 13.0 Å². The van der Waals surface area contributed by atoms with Crippen LogP contribution in [0.1, 0.15) is 5.56 Å². The van der Waals surface area contributed by atoms with Crippen molar-refractivity contribution in [3.8, 4) is 5.75 Å².